The van der Waals surface area contributed by atoms with Gasteiger partial charge in [0.1, 0.15) is 17.8 Å². The lowest BCUT2D eigenvalue weighted by Gasteiger charge is -2.68. The van der Waals surface area contributed by atoms with Crippen molar-refractivity contribution in [3.8, 4) is 0 Å². The molecular formula is C42H56O12SSi. The van der Waals surface area contributed by atoms with E-state index in [2.05, 4.69) is 0 Å². The normalized spacial score (nSPS) is 33.9. The Kier molecular flexibility index (Phi) is 11.2. The number of aliphatic hydroxyl groups is 2. The average molecular weight is 813 g/mol. The monoisotopic (exact) mass is 812 g/mol. The number of carbonyl (C=O) groups is 3. The molecule has 1 saturated heterocycles. The summed E-state index contributed by atoms with van der Waals surface area (Å²) >= 11 is 0. The Balaban J connectivity index is 1.69. The fourth-order valence-corrected chi connectivity index (χ4v) is 14.0. The van der Waals surface area contributed by atoms with Gasteiger partial charge in [0.2, 0.25) is 0 Å². The topological polar surface area (TPSA) is 172 Å². The maximum Gasteiger partial charge on any atom is 0.338 e. The molecule has 3 fully saturated rings. The highest BCUT2D eigenvalue weighted by molar-refractivity contribution is 7.86. The van der Waals surface area contributed by atoms with Crippen molar-refractivity contribution < 1.29 is 55.8 Å². The zero-order valence-electron chi connectivity index (χ0n) is 33.8. The summed E-state index contributed by atoms with van der Waals surface area (Å²) in [5, 5.41) is 25.3. The van der Waals surface area contributed by atoms with Crippen LogP contribution >= 0.6 is 0 Å². The van der Waals surface area contributed by atoms with E-state index in [1.54, 1.807) is 70.2 Å². The summed E-state index contributed by atoms with van der Waals surface area (Å²) in [5.41, 5.74) is -6.02. The highest BCUT2D eigenvalue weighted by atomic mass is 32.2. The number of hydrogen-bond acceptors (Lipinski definition) is 12. The third kappa shape index (κ3) is 6.53. The standard InChI is InChI=1S/C42H56O12SSi/c1-10-56(11-2,12-3)54-31-22-32-41(24-50-32,52-27(6)43)35-37(51-38(46)28-16-14-13-15-17-28)42(47)23-30(44)26(5)33(39(42,7)8)34(36(45)40(31,35)9)53-55(48,49)29-20-18-25(4)19-21-29/h13-21,30-32,34-35,37,44,47H,10-12,22-24H2,1-9H3/t30-,31-,32+,34+,35-,37-,40+,41-,42+/m0/s1. The first-order chi connectivity index (χ1) is 26.2. The van der Waals surface area contributed by atoms with Gasteiger partial charge in [0, 0.05) is 25.2 Å². The second-order valence-corrected chi connectivity index (χ2v) is 23.2. The van der Waals surface area contributed by atoms with Crippen molar-refractivity contribution in [2.24, 2.45) is 16.7 Å². The minimum absolute atomic E-state index is 0.0529. The van der Waals surface area contributed by atoms with Gasteiger partial charge in [-0.05, 0) is 74.3 Å². The zero-order chi connectivity index (χ0) is 41.2. The molecule has 0 spiro atoms. The highest BCUT2D eigenvalue weighted by Gasteiger charge is 2.78. The molecule has 0 unspecified atom stereocenters. The first kappa shape index (κ1) is 42.4. The Morgan fingerprint density at radius 3 is 2.11 bits per heavy atom. The summed E-state index contributed by atoms with van der Waals surface area (Å²) in [6.45, 7) is 15.4. The number of esters is 2. The van der Waals surface area contributed by atoms with Crippen LogP contribution in [0.1, 0.15) is 84.2 Å². The Morgan fingerprint density at radius 2 is 1.57 bits per heavy atom. The molecule has 4 aliphatic rings. The maximum atomic E-state index is 16.2. The molecule has 2 bridgehead atoms. The van der Waals surface area contributed by atoms with Crippen molar-refractivity contribution in [3.63, 3.8) is 0 Å². The Labute approximate surface area is 331 Å². The van der Waals surface area contributed by atoms with Crippen LogP contribution in [0.2, 0.25) is 18.1 Å². The molecular weight excluding hydrogens is 757 g/mol. The Bertz CT molecular complexity index is 1990. The quantitative estimate of drug-likeness (QED) is 0.121. The molecule has 6 rings (SSSR count). The maximum absolute atomic E-state index is 16.2. The molecule has 2 aromatic carbocycles. The molecule has 14 heteroatoms. The predicted octanol–water partition coefficient (Wildman–Crippen LogP) is 5.83. The molecule has 0 amide bonds. The van der Waals surface area contributed by atoms with Crippen molar-refractivity contribution in [1.29, 1.82) is 0 Å². The molecule has 2 saturated carbocycles. The van der Waals surface area contributed by atoms with Crippen molar-refractivity contribution in [3.05, 3.63) is 76.9 Å². The fraction of sp³-hybridized carbons (Fsp3) is 0.595. The molecule has 2 N–H and O–H groups in total. The van der Waals surface area contributed by atoms with Crippen LogP contribution in [-0.4, -0.2) is 93.0 Å². The van der Waals surface area contributed by atoms with E-state index in [4.69, 9.17) is 22.8 Å². The second-order valence-electron chi connectivity index (χ2n) is 16.9. The van der Waals surface area contributed by atoms with E-state index in [9.17, 15) is 28.2 Å². The molecule has 56 heavy (non-hydrogen) atoms. The molecule has 306 valence electrons. The largest absolute Gasteiger partial charge is 0.455 e. The van der Waals surface area contributed by atoms with Crippen LogP contribution in [0, 0.1) is 23.7 Å². The van der Waals surface area contributed by atoms with Gasteiger partial charge in [0.25, 0.3) is 10.1 Å². The summed E-state index contributed by atoms with van der Waals surface area (Å²) in [4.78, 5) is 43.4. The number of fused-ring (bicyclic) bond motifs is 5. The number of aliphatic hydroxyl groups excluding tert-OH is 1. The number of hydrogen-bond donors (Lipinski definition) is 2. The van der Waals surface area contributed by atoms with E-state index in [-0.39, 0.29) is 41.1 Å². The van der Waals surface area contributed by atoms with Gasteiger partial charge in [-0.25, -0.2) is 4.79 Å². The van der Waals surface area contributed by atoms with Crippen molar-refractivity contribution in [2.75, 3.05) is 6.61 Å². The first-order valence-electron chi connectivity index (χ1n) is 19.6. The minimum Gasteiger partial charge on any atom is -0.455 e. The van der Waals surface area contributed by atoms with Crippen LogP contribution in [0.5, 0.6) is 0 Å². The van der Waals surface area contributed by atoms with E-state index in [1.165, 1.54) is 19.1 Å². The number of aryl methyl sites for hydroxylation is 1. The molecule has 0 radical (unpaired) electrons. The average Bonchev–Trinajstić information content (AvgIpc) is 3.15. The van der Waals surface area contributed by atoms with Gasteiger partial charge in [-0.2, -0.15) is 8.42 Å². The van der Waals surface area contributed by atoms with E-state index in [0.717, 1.165) is 5.56 Å². The molecule has 2 aromatic rings. The SMILES string of the molecule is CC[Si](CC)(CC)O[C@H]1C[C@H]2OC[C@@]2(OC(C)=O)[C@H]2[C@H](OC(=O)c3ccccc3)[C@]3(O)C[C@H](O)C(C)=C([C@@H](OS(=O)(=O)c4ccc(C)cc4)C(=O)[C@]12C)C3(C)C. The highest BCUT2D eigenvalue weighted by Crippen LogP contribution is 2.65. The molecule has 1 aliphatic heterocycles. The number of Topliss-reactive ketones (excluding diaryl/α,β-unsaturated/α-hetero) is 1. The van der Waals surface area contributed by atoms with Gasteiger partial charge in [0.05, 0.1) is 40.6 Å². The number of benzene rings is 2. The molecule has 9 atom stereocenters. The lowest BCUT2D eigenvalue weighted by Crippen LogP contribution is -2.82. The first-order valence-corrected chi connectivity index (χ1v) is 23.5. The van der Waals surface area contributed by atoms with E-state index in [1.807, 2.05) is 27.7 Å². The smallest absolute Gasteiger partial charge is 0.338 e. The van der Waals surface area contributed by atoms with E-state index < -0.39 is 94.6 Å². The van der Waals surface area contributed by atoms with Gasteiger partial charge in [-0.3, -0.25) is 13.8 Å². The van der Waals surface area contributed by atoms with Crippen LogP contribution in [0.15, 0.2) is 70.6 Å². The molecule has 1 heterocycles. The van der Waals surface area contributed by atoms with E-state index >= 15 is 4.79 Å². The summed E-state index contributed by atoms with van der Waals surface area (Å²) in [6.07, 6.45) is -7.04. The van der Waals surface area contributed by atoms with Crippen LogP contribution in [-0.2, 0) is 42.5 Å². The second kappa shape index (κ2) is 14.9. The summed E-state index contributed by atoms with van der Waals surface area (Å²) < 4.78 is 60.9. The van der Waals surface area contributed by atoms with Gasteiger partial charge in [0.15, 0.2) is 25.8 Å². The zero-order valence-corrected chi connectivity index (χ0v) is 35.6. The summed E-state index contributed by atoms with van der Waals surface area (Å²) in [5.74, 6) is -3.61. The van der Waals surface area contributed by atoms with Crippen LogP contribution < -0.4 is 0 Å². The summed E-state index contributed by atoms with van der Waals surface area (Å²) in [7, 11) is -7.28. The van der Waals surface area contributed by atoms with Crippen LogP contribution in [0.25, 0.3) is 0 Å². The van der Waals surface area contributed by atoms with Crippen molar-refractivity contribution >= 4 is 36.2 Å². The van der Waals surface area contributed by atoms with E-state index in [0.29, 0.717) is 18.1 Å². The van der Waals surface area contributed by atoms with Gasteiger partial charge in [-0.15, -0.1) is 0 Å². The van der Waals surface area contributed by atoms with Crippen LogP contribution in [0.4, 0.5) is 0 Å². The minimum atomic E-state index is -4.68. The number of ether oxygens (including phenoxy) is 3. The number of ketones is 1. The molecule has 0 aromatic heterocycles. The van der Waals surface area contributed by atoms with Gasteiger partial charge in [-0.1, -0.05) is 70.5 Å². The number of rotatable bonds is 11. The van der Waals surface area contributed by atoms with Gasteiger partial charge < -0.3 is 28.8 Å². The van der Waals surface area contributed by atoms with Crippen molar-refractivity contribution in [1.82, 2.24) is 0 Å². The Morgan fingerprint density at radius 1 is 0.964 bits per heavy atom. The lowest BCUT2D eigenvalue weighted by molar-refractivity contribution is -0.344. The summed E-state index contributed by atoms with van der Waals surface area (Å²) in [6, 6.07) is 16.3. The molecule has 12 nitrogen and oxygen atoms in total. The lowest BCUT2D eigenvalue weighted by atomic mass is 9.44. The Hall–Kier alpha value is -3.24. The third-order valence-electron chi connectivity index (χ3n) is 13.7. The molecule has 3 aliphatic carbocycles. The fourth-order valence-electron chi connectivity index (χ4n) is 10.1. The van der Waals surface area contributed by atoms with Crippen molar-refractivity contribution in [2.45, 2.75) is 140 Å². The predicted molar refractivity (Wildman–Crippen MR) is 208 cm³/mol. The number of carbonyl (C=O) groups excluding carboxylic acids is 3. The third-order valence-corrected chi connectivity index (χ3v) is 19.7. The van der Waals surface area contributed by atoms with Gasteiger partial charge >= 0.3 is 11.9 Å². The van der Waals surface area contributed by atoms with Crippen LogP contribution in [0.3, 0.4) is 0 Å².